The van der Waals surface area contributed by atoms with Crippen molar-refractivity contribution in [3.63, 3.8) is 0 Å². The van der Waals surface area contributed by atoms with Gasteiger partial charge in [0.25, 0.3) is 0 Å². The van der Waals surface area contributed by atoms with E-state index < -0.39 is 0 Å². The summed E-state index contributed by atoms with van der Waals surface area (Å²) in [7, 11) is 0. The highest BCUT2D eigenvalue weighted by Crippen LogP contribution is 2.30. The topological polar surface area (TPSA) is 58.4 Å². The second-order valence-corrected chi connectivity index (χ2v) is 7.27. The first-order chi connectivity index (χ1) is 11.2. The number of nitrogens with zero attached hydrogens (tertiary/aromatic N) is 2. The van der Waals surface area contributed by atoms with Crippen molar-refractivity contribution in [2.45, 2.75) is 44.7 Å². The Labute approximate surface area is 139 Å². The average Bonchev–Trinajstić information content (AvgIpc) is 2.92. The maximum absolute atomic E-state index is 12.3. The maximum atomic E-state index is 12.3. The molecule has 0 radical (unpaired) electrons. The summed E-state index contributed by atoms with van der Waals surface area (Å²) in [6.07, 6.45) is 3.99. The average molecular weight is 331 g/mol. The molecule has 1 aliphatic heterocycles. The van der Waals surface area contributed by atoms with Crippen LogP contribution in [0.15, 0.2) is 21.2 Å². The fourth-order valence-electron chi connectivity index (χ4n) is 3.21. The number of amides is 1. The number of rotatable bonds is 5. The molecule has 2 aromatic heterocycles. The first-order valence-corrected chi connectivity index (χ1v) is 9.15. The van der Waals surface area contributed by atoms with Gasteiger partial charge < -0.3 is 9.73 Å². The molecule has 0 aromatic carbocycles. The van der Waals surface area contributed by atoms with Crippen molar-refractivity contribution in [2.75, 3.05) is 13.1 Å². The molecule has 4 rings (SSSR count). The quantitative estimate of drug-likeness (QED) is 0.915. The van der Waals surface area contributed by atoms with Crippen LogP contribution < -0.4 is 5.32 Å². The van der Waals surface area contributed by atoms with Gasteiger partial charge in [-0.05, 0) is 37.6 Å². The van der Waals surface area contributed by atoms with E-state index in [9.17, 15) is 4.79 Å². The van der Waals surface area contributed by atoms with Crippen molar-refractivity contribution >= 4 is 17.2 Å². The van der Waals surface area contributed by atoms with Gasteiger partial charge in [0.1, 0.15) is 5.76 Å². The van der Waals surface area contributed by atoms with E-state index in [2.05, 4.69) is 15.2 Å². The van der Waals surface area contributed by atoms with Crippen LogP contribution in [0.5, 0.6) is 0 Å². The molecule has 1 unspecified atom stereocenters. The summed E-state index contributed by atoms with van der Waals surface area (Å²) >= 11 is 1.61. The number of thiophene rings is 1. The van der Waals surface area contributed by atoms with E-state index in [4.69, 9.17) is 4.42 Å². The summed E-state index contributed by atoms with van der Waals surface area (Å²) in [4.78, 5) is 19.3. The van der Waals surface area contributed by atoms with Crippen LogP contribution in [0.2, 0.25) is 0 Å². The molecule has 122 valence electrons. The third-order valence-electron chi connectivity index (χ3n) is 4.64. The van der Waals surface area contributed by atoms with E-state index in [1.807, 2.05) is 23.8 Å². The van der Waals surface area contributed by atoms with Crippen molar-refractivity contribution in [1.29, 1.82) is 0 Å². The molecule has 1 aliphatic carbocycles. The fraction of sp³-hybridized carbons (Fsp3) is 0.529. The van der Waals surface area contributed by atoms with E-state index in [0.717, 1.165) is 42.6 Å². The van der Waals surface area contributed by atoms with Gasteiger partial charge in [-0.15, -0.1) is 0 Å². The van der Waals surface area contributed by atoms with Crippen LogP contribution in [0.25, 0.3) is 11.5 Å². The van der Waals surface area contributed by atoms with Crippen LogP contribution in [0.4, 0.5) is 0 Å². The molecule has 3 heterocycles. The van der Waals surface area contributed by atoms with E-state index in [1.54, 1.807) is 11.3 Å². The molecule has 6 heteroatoms. The van der Waals surface area contributed by atoms with Crippen molar-refractivity contribution in [1.82, 2.24) is 15.2 Å². The number of hydrogen-bond acceptors (Lipinski definition) is 5. The highest BCUT2D eigenvalue weighted by molar-refractivity contribution is 7.08. The smallest absolute Gasteiger partial charge is 0.227 e. The van der Waals surface area contributed by atoms with Crippen LogP contribution in [-0.4, -0.2) is 41.0 Å². The second kappa shape index (κ2) is 6.09. The summed E-state index contributed by atoms with van der Waals surface area (Å²) in [5, 5.41) is 7.14. The van der Waals surface area contributed by atoms with Gasteiger partial charge in [-0.2, -0.15) is 11.3 Å². The van der Waals surface area contributed by atoms with Crippen LogP contribution >= 0.6 is 11.3 Å². The second-order valence-electron chi connectivity index (χ2n) is 6.49. The maximum Gasteiger partial charge on any atom is 0.227 e. The van der Waals surface area contributed by atoms with Crippen molar-refractivity contribution < 1.29 is 9.21 Å². The Morgan fingerprint density at radius 3 is 3.09 bits per heavy atom. The Morgan fingerprint density at radius 1 is 1.48 bits per heavy atom. The largest absolute Gasteiger partial charge is 0.441 e. The highest BCUT2D eigenvalue weighted by atomic mass is 32.1. The molecule has 1 atom stereocenters. The minimum absolute atomic E-state index is 0.0425. The van der Waals surface area contributed by atoms with Crippen LogP contribution in [-0.2, 0) is 11.2 Å². The first kappa shape index (κ1) is 14.9. The Balaban J connectivity index is 1.35. The zero-order chi connectivity index (χ0) is 15.8. The molecule has 1 saturated carbocycles. The van der Waals surface area contributed by atoms with Crippen LogP contribution in [0, 0.1) is 6.92 Å². The Bertz CT molecular complexity index is 691. The number of carbonyl (C=O) groups excluding carboxylic acids is 1. The zero-order valence-electron chi connectivity index (χ0n) is 13.2. The van der Waals surface area contributed by atoms with E-state index in [1.165, 1.54) is 12.8 Å². The minimum atomic E-state index is 0.0425. The molecule has 1 saturated heterocycles. The number of carbonyl (C=O) groups is 1. The lowest BCUT2D eigenvalue weighted by molar-refractivity contribution is -0.121. The van der Waals surface area contributed by atoms with Crippen LogP contribution in [0.1, 0.15) is 30.7 Å². The summed E-state index contributed by atoms with van der Waals surface area (Å²) in [5.74, 6) is 1.38. The lowest BCUT2D eigenvalue weighted by Gasteiger charge is -2.15. The monoisotopic (exact) mass is 331 g/mol. The van der Waals surface area contributed by atoms with E-state index >= 15 is 0 Å². The summed E-state index contributed by atoms with van der Waals surface area (Å²) in [6.45, 7) is 3.98. The SMILES string of the molecule is Cc1oc(-c2ccsc2)nc1CC(=O)NC1CCN(C2CC2)C1. The Hall–Kier alpha value is -1.66. The number of oxazole rings is 1. The van der Waals surface area contributed by atoms with Gasteiger partial charge in [-0.1, -0.05) is 0 Å². The lowest BCUT2D eigenvalue weighted by Crippen LogP contribution is -2.38. The predicted molar refractivity (Wildman–Crippen MR) is 89.4 cm³/mol. The van der Waals surface area contributed by atoms with Gasteiger partial charge in [0, 0.05) is 36.1 Å². The van der Waals surface area contributed by atoms with E-state index in [-0.39, 0.29) is 11.9 Å². The molecule has 23 heavy (non-hydrogen) atoms. The Kier molecular flexibility index (Phi) is 3.95. The van der Waals surface area contributed by atoms with Gasteiger partial charge in [-0.3, -0.25) is 9.69 Å². The molecule has 2 aromatic rings. The van der Waals surface area contributed by atoms with Gasteiger partial charge in [0.15, 0.2) is 0 Å². The molecule has 2 aliphatic rings. The predicted octanol–water partition coefficient (Wildman–Crippen LogP) is 2.61. The molecule has 2 fully saturated rings. The Morgan fingerprint density at radius 2 is 2.35 bits per heavy atom. The number of aromatic nitrogens is 1. The van der Waals surface area contributed by atoms with Crippen molar-refractivity contribution in [2.24, 2.45) is 0 Å². The molecule has 1 N–H and O–H groups in total. The van der Waals surface area contributed by atoms with Gasteiger partial charge >= 0.3 is 0 Å². The number of nitrogens with one attached hydrogen (secondary N) is 1. The molecular formula is C17H21N3O2S. The third-order valence-corrected chi connectivity index (χ3v) is 5.32. The van der Waals surface area contributed by atoms with Crippen LogP contribution in [0.3, 0.4) is 0 Å². The number of likely N-dealkylation sites (tertiary alicyclic amines) is 1. The first-order valence-electron chi connectivity index (χ1n) is 8.21. The number of aryl methyl sites for hydroxylation is 1. The molecule has 5 nitrogen and oxygen atoms in total. The minimum Gasteiger partial charge on any atom is -0.441 e. The third kappa shape index (κ3) is 3.33. The molecule has 0 spiro atoms. The summed E-state index contributed by atoms with van der Waals surface area (Å²) in [6, 6.07) is 3.04. The normalized spacial score (nSPS) is 21.7. The molecule has 1 amide bonds. The molecular weight excluding hydrogens is 310 g/mol. The standard InChI is InChI=1S/C17H21N3O2S/c1-11-15(19-17(22-11)12-5-7-23-10-12)8-16(21)18-13-4-6-20(9-13)14-2-3-14/h5,7,10,13-14H,2-4,6,8-9H2,1H3,(H,18,21). The van der Waals surface area contributed by atoms with Gasteiger partial charge in [0.05, 0.1) is 12.1 Å². The highest BCUT2D eigenvalue weighted by Gasteiger charge is 2.34. The fourth-order valence-corrected chi connectivity index (χ4v) is 3.84. The van der Waals surface area contributed by atoms with Gasteiger partial charge in [-0.25, -0.2) is 4.98 Å². The van der Waals surface area contributed by atoms with Crippen molar-refractivity contribution in [3.05, 3.63) is 28.3 Å². The van der Waals surface area contributed by atoms with Gasteiger partial charge in [0.2, 0.25) is 11.8 Å². The summed E-state index contributed by atoms with van der Waals surface area (Å²) in [5.41, 5.74) is 1.71. The van der Waals surface area contributed by atoms with Crippen molar-refractivity contribution in [3.8, 4) is 11.5 Å². The summed E-state index contributed by atoms with van der Waals surface area (Å²) < 4.78 is 5.69. The lowest BCUT2D eigenvalue weighted by atomic mass is 10.2. The number of hydrogen-bond donors (Lipinski definition) is 1. The van der Waals surface area contributed by atoms with E-state index in [0.29, 0.717) is 12.3 Å². The molecule has 0 bridgehead atoms. The zero-order valence-corrected chi connectivity index (χ0v) is 14.1.